The molecule has 0 amide bonds. The minimum atomic E-state index is -1.05. The topological polar surface area (TPSA) is 46.5 Å². The molecule has 0 bridgehead atoms. The van der Waals surface area contributed by atoms with Gasteiger partial charge in [-0.25, -0.2) is 9.18 Å². The van der Waals surface area contributed by atoms with Crippen LogP contribution in [0.1, 0.15) is 15.9 Å². The predicted molar refractivity (Wildman–Crippen MR) is 79.5 cm³/mol. The molecule has 3 nitrogen and oxygen atoms in total. The molecule has 0 saturated carbocycles. The van der Waals surface area contributed by atoms with Crippen molar-refractivity contribution < 1.29 is 19.0 Å². The molecule has 0 heterocycles. The van der Waals surface area contributed by atoms with Crippen molar-refractivity contribution in [3.63, 3.8) is 0 Å². The number of ether oxygens (including phenoxy) is 1. The Balaban J connectivity index is 2.17. The standard InChI is InChI=1S/C14H9Br2FO3/c15-11-5-4-9(6-10(11)14(18)19)20-7-8-2-1-3-12(17)13(8)16/h1-6H,7H2,(H,18,19). The monoisotopic (exact) mass is 402 g/mol. The summed E-state index contributed by atoms with van der Waals surface area (Å²) in [5.74, 6) is -1.01. The van der Waals surface area contributed by atoms with Crippen molar-refractivity contribution >= 4 is 37.8 Å². The van der Waals surface area contributed by atoms with E-state index in [-0.39, 0.29) is 18.0 Å². The first-order valence-electron chi connectivity index (χ1n) is 5.57. The van der Waals surface area contributed by atoms with Crippen molar-refractivity contribution in [2.75, 3.05) is 0 Å². The molecule has 0 unspecified atom stereocenters. The summed E-state index contributed by atoms with van der Waals surface area (Å²) in [6, 6.07) is 9.31. The molecule has 0 aliphatic rings. The van der Waals surface area contributed by atoms with Crippen LogP contribution in [0.15, 0.2) is 45.3 Å². The van der Waals surface area contributed by atoms with Crippen molar-refractivity contribution in [2.24, 2.45) is 0 Å². The summed E-state index contributed by atoms with van der Waals surface area (Å²) in [5, 5.41) is 9.01. The molecule has 6 heteroatoms. The van der Waals surface area contributed by atoms with E-state index in [0.29, 0.717) is 20.3 Å². The van der Waals surface area contributed by atoms with E-state index in [1.165, 1.54) is 12.1 Å². The lowest BCUT2D eigenvalue weighted by molar-refractivity contribution is 0.0695. The Labute approximate surface area is 131 Å². The zero-order valence-electron chi connectivity index (χ0n) is 10.1. The van der Waals surface area contributed by atoms with Crippen LogP contribution in [0, 0.1) is 5.82 Å². The van der Waals surface area contributed by atoms with Gasteiger partial charge in [0.2, 0.25) is 0 Å². The average molecular weight is 404 g/mol. The first kappa shape index (κ1) is 15.0. The molecule has 0 radical (unpaired) electrons. The summed E-state index contributed by atoms with van der Waals surface area (Å²) >= 11 is 6.30. The van der Waals surface area contributed by atoms with Gasteiger partial charge in [0.1, 0.15) is 18.2 Å². The third-order valence-electron chi connectivity index (χ3n) is 2.59. The van der Waals surface area contributed by atoms with Crippen molar-refractivity contribution in [3.05, 3.63) is 62.3 Å². The molecule has 2 aromatic carbocycles. The van der Waals surface area contributed by atoms with E-state index in [0.717, 1.165) is 0 Å². The number of halogens is 3. The molecule has 2 aromatic rings. The molecule has 1 N–H and O–H groups in total. The zero-order chi connectivity index (χ0) is 14.7. The van der Waals surface area contributed by atoms with Crippen molar-refractivity contribution in [1.29, 1.82) is 0 Å². The van der Waals surface area contributed by atoms with E-state index in [1.54, 1.807) is 24.3 Å². The minimum absolute atomic E-state index is 0.112. The first-order chi connectivity index (χ1) is 9.49. The molecule has 20 heavy (non-hydrogen) atoms. The van der Waals surface area contributed by atoms with E-state index >= 15 is 0 Å². The van der Waals surface area contributed by atoms with Crippen LogP contribution in [0.2, 0.25) is 0 Å². The van der Waals surface area contributed by atoms with Gasteiger partial charge in [-0.05, 0) is 56.1 Å². The second-order valence-corrected chi connectivity index (χ2v) is 5.60. The van der Waals surface area contributed by atoms with Gasteiger partial charge in [0, 0.05) is 10.0 Å². The number of hydrogen-bond acceptors (Lipinski definition) is 2. The fourth-order valence-corrected chi connectivity index (χ4v) is 2.37. The van der Waals surface area contributed by atoms with Gasteiger partial charge in [0.05, 0.1) is 10.0 Å². The van der Waals surface area contributed by atoms with Crippen LogP contribution < -0.4 is 4.74 Å². The number of carboxylic acid groups (broad SMARTS) is 1. The molecule has 2 rings (SSSR count). The van der Waals surface area contributed by atoms with Gasteiger partial charge in [-0.3, -0.25) is 0 Å². The lowest BCUT2D eigenvalue weighted by Crippen LogP contribution is -2.01. The first-order valence-corrected chi connectivity index (χ1v) is 7.16. The van der Waals surface area contributed by atoms with Crippen molar-refractivity contribution in [2.45, 2.75) is 6.61 Å². The van der Waals surface area contributed by atoms with Gasteiger partial charge in [-0.2, -0.15) is 0 Å². The highest BCUT2D eigenvalue weighted by Gasteiger charge is 2.10. The highest BCUT2D eigenvalue weighted by atomic mass is 79.9. The maximum absolute atomic E-state index is 13.3. The van der Waals surface area contributed by atoms with E-state index in [1.807, 2.05) is 0 Å². The second kappa shape index (κ2) is 6.37. The minimum Gasteiger partial charge on any atom is -0.489 e. The molecule has 0 aliphatic carbocycles. The number of benzene rings is 2. The van der Waals surface area contributed by atoms with Gasteiger partial charge in [0.25, 0.3) is 0 Å². The lowest BCUT2D eigenvalue weighted by atomic mass is 10.2. The largest absolute Gasteiger partial charge is 0.489 e. The van der Waals surface area contributed by atoms with Crippen molar-refractivity contribution in [3.8, 4) is 5.75 Å². The Morgan fingerprint density at radius 2 is 2.00 bits per heavy atom. The number of carbonyl (C=O) groups is 1. The molecule has 0 fully saturated rings. The summed E-state index contributed by atoms with van der Waals surface area (Å²) in [4.78, 5) is 11.0. The molecule has 0 saturated heterocycles. The Morgan fingerprint density at radius 3 is 2.70 bits per heavy atom. The van der Waals surface area contributed by atoms with Gasteiger partial charge < -0.3 is 9.84 Å². The predicted octanol–water partition coefficient (Wildman–Crippen LogP) is 4.63. The van der Waals surface area contributed by atoms with Crippen LogP contribution >= 0.6 is 31.9 Å². The number of aromatic carboxylic acids is 1. The average Bonchev–Trinajstić information content (AvgIpc) is 2.41. The van der Waals surface area contributed by atoms with Crippen molar-refractivity contribution in [1.82, 2.24) is 0 Å². The normalized spacial score (nSPS) is 10.3. The SMILES string of the molecule is O=C(O)c1cc(OCc2cccc(F)c2Br)ccc1Br. The smallest absolute Gasteiger partial charge is 0.336 e. The van der Waals surface area contributed by atoms with Gasteiger partial charge in [-0.15, -0.1) is 0 Å². The Morgan fingerprint density at radius 1 is 1.25 bits per heavy atom. The van der Waals surface area contributed by atoms with Gasteiger partial charge in [0.15, 0.2) is 0 Å². The van der Waals surface area contributed by atoms with Crippen LogP contribution in [0.5, 0.6) is 5.75 Å². The van der Waals surface area contributed by atoms with E-state index in [4.69, 9.17) is 9.84 Å². The summed E-state index contributed by atoms with van der Waals surface area (Å²) < 4.78 is 19.7. The Hall–Kier alpha value is -1.40. The summed E-state index contributed by atoms with van der Waals surface area (Å²) in [6.45, 7) is 0.138. The number of carboxylic acids is 1. The third-order valence-corrected chi connectivity index (χ3v) is 4.17. The van der Waals surface area contributed by atoms with E-state index < -0.39 is 5.97 Å². The van der Waals surface area contributed by atoms with Crippen LogP contribution in [-0.2, 0) is 6.61 Å². The lowest BCUT2D eigenvalue weighted by Gasteiger charge is -2.09. The molecular weight excluding hydrogens is 395 g/mol. The van der Waals surface area contributed by atoms with Crippen LogP contribution in [-0.4, -0.2) is 11.1 Å². The van der Waals surface area contributed by atoms with E-state index in [9.17, 15) is 9.18 Å². The highest BCUT2D eigenvalue weighted by molar-refractivity contribution is 9.10. The molecule has 0 aliphatic heterocycles. The Bertz CT molecular complexity index is 659. The second-order valence-electron chi connectivity index (χ2n) is 3.95. The van der Waals surface area contributed by atoms with Crippen LogP contribution in [0.4, 0.5) is 4.39 Å². The molecule has 104 valence electrons. The quantitative estimate of drug-likeness (QED) is 0.809. The van der Waals surface area contributed by atoms with Gasteiger partial charge in [-0.1, -0.05) is 12.1 Å². The number of rotatable bonds is 4. The fourth-order valence-electron chi connectivity index (χ4n) is 1.58. The maximum atomic E-state index is 13.3. The highest BCUT2D eigenvalue weighted by Crippen LogP contribution is 2.25. The Kier molecular flexibility index (Phi) is 4.77. The molecular formula is C14H9Br2FO3. The third kappa shape index (κ3) is 3.37. The maximum Gasteiger partial charge on any atom is 0.336 e. The fraction of sp³-hybridized carbons (Fsp3) is 0.0714. The molecule has 0 spiro atoms. The number of hydrogen-bond donors (Lipinski definition) is 1. The molecule has 0 aromatic heterocycles. The molecule has 0 atom stereocenters. The summed E-state index contributed by atoms with van der Waals surface area (Å²) in [6.07, 6.45) is 0. The van der Waals surface area contributed by atoms with Gasteiger partial charge >= 0.3 is 5.97 Å². The summed E-state index contributed by atoms with van der Waals surface area (Å²) in [5.41, 5.74) is 0.755. The zero-order valence-corrected chi connectivity index (χ0v) is 13.2. The van der Waals surface area contributed by atoms with Crippen LogP contribution in [0.3, 0.4) is 0 Å². The van der Waals surface area contributed by atoms with E-state index in [2.05, 4.69) is 31.9 Å². The van der Waals surface area contributed by atoms with Crippen LogP contribution in [0.25, 0.3) is 0 Å². The summed E-state index contributed by atoms with van der Waals surface area (Å²) in [7, 11) is 0.